The third-order valence-corrected chi connectivity index (χ3v) is 2.11. The molecule has 1 rings (SSSR count). The van der Waals surface area contributed by atoms with Crippen LogP contribution >= 0.6 is 0 Å². The number of aliphatic carboxylic acids is 1. The van der Waals surface area contributed by atoms with E-state index in [1.54, 1.807) is 24.3 Å². The van der Waals surface area contributed by atoms with Crippen molar-refractivity contribution in [3.8, 4) is 6.07 Å². The first-order chi connectivity index (χ1) is 8.13. The summed E-state index contributed by atoms with van der Waals surface area (Å²) in [5.74, 6) is -1.48. The number of nitrogens with one attached hydrogen (secondary N) is 1. The van der Waals surface area contributed by atoms with Crippen molar-refractivity contribution in [1.29, 1.82) is 5.26 Å². The maximum atomic E-state index is 11.4. The number of rotatable bonds is 5. The molecule has 5 nitrogen and oxygen atoms in total. The van der Waals surface area contributed by atoms with Crippen molar-refractivity contribution in [2.45, 2.75) is 19.3 Å². The number of carbonyl (C=O) groups is 2. The second-order valence-corrected chi connectivity index (χ2v) is 3.43. The van der Waals surface area contributed by atoms with E-state index in [1.165, 1.54) is 0 Å². The minimum absolute atomic E-state index is 0.0910. The number of carbonyl (C=O) groups excluding carboxylic acids is 2. The predicted octanol–water partition coefficient (Wildman–Crippen LogP) is 0.417. The normalized spacial score (nSPS) is 9.35. The summed E-state index contributed by atoms with van der Waals surface area (Å²) < 4.78 is 0. The molecule has 0 aromatic heterocycles. The fourth-order valence-electron chi connectivity index (χ4n) is 1.30. The quantitative estimate of drug-likeness (QED) is 0.794. The van der Waals surface area contributed by atoms with Crippen molar-refractivity contribution < 1.29 is 14.7 Å². The summed E-state index contributed by atoms with van der Waals surface area (Å²) in [6.45, 7) is 0. The highest BCUT2D eigenvalue weighted by Crippen LogP contribution is 2.14. The molecule has 88 valence electrons. The molecule has 0 saturated heterocycles. The molecule has 0 aliphatic heterocycles. The molecule has 1 amide bonds. The van der Waals surface area contributed by atoms with Crippen LogP contribution in [0.5, 0.6) is 0 Å². The van der Waals surface area contributed by atoms with E-state index in [0.29, 0.717) is 11.3 Å². The molecule has 1 aromatic carbocycles. The Hall–Kier alpha value is -2.35. The Morgan fingerprint density at radius 1 is 1.29 bits per heavy atom. The van der Waals surface area contributed by atoms with Crippen LogP contribution in [0, 0.1) is 11.3 Å². The van der Waals surface area contributed by atoms with Crippen molar-refractivity contribution in [1.82, 2.24) is 0 Å². The average Bonchev–Trinajstić information content (AvgIpc) is 2.29. The van der Waals surface area contributed by atoms with Crippen molar-refractivity contribution in [3.63, 3.8) is 0 Å². The van der Waals surface area contributed by atoms with Crippen LogP contribution in [0.2, 0.25) is 0 Å². The summed E-state index contributed by atoms with van der Waals surface area (Å²) in [7, 11) is 0. The molecule has 0 unspecified atom stereocenters. The van der Waals surface area contributed by atoms with Gasteiger partial charge < -0.3 is 15.2 Å². The van der Waals surface area contributed by atoms with E-state index in [0.717, 1.165) is 0 Å². The Labute approximate surface area is 98.7 Å². The van der Waals surface area contributed by atoms with Crippen LogP contribution in [0.25, 0.3) is 0 Å². The molecular formula is C12H11N2O3-. The van der Waals surface area contributed by atoms with E-state index >= 15 is 0 Å². The first kappa shape index (κ1) is 12.7. The van der Waals surface area contributed by atoms with Crippen LogP contribution in [-0.2, 0) is 9.59 Å². The molecule has 1 N–H and O–H groups in total. The molecule has 0 radical (unpaired) electrons. The van der Waals surface area contributed by atoms with Crippen molar-refractivity contribution in [2.24, 2.45) is 0 Å². The zero-order valence-corrected chi connectivity index (χ0v) is 9.10. The summed E-state index contributed by atoms with van der Waals surface area (Å²) in [4.78, 5) is 21.6. The molecule has 5 heteroatoms. The van der Waals surface area contributed by atoms with Gasteiger partial charge in [0.15, 0.2) is 0 Å². The van der Waals surface area contributed by atoms with Crippen molar-refractivity contribution >= 4 is 17.6 Å². The number of carboxylic acid groups (broad SMARTS) is 1. The molecule has 0 bridgehead atoms. The Morgan fingerprint density at radius 3 is 2.65 bits per heavy atom. The minimum Gasteiger partial charge on any atom is -0.550 e. The van der Waals surface area contributed by atoms with Crippen molar-refractivity contribution in [3.05, 3.63) is 29.8 Å². The highest BCUT2D eigenvalue weighted by atomic mass is 16.4. The van der Waals surface area contributed by atoms with E-state index in [1.807, 2.05) is 6.07 Å². The van der Waals surface area contributed by atoms with Gasteiger partial charge in [-0.15, -0.1) is 0 Å². The zero-order valence-electron chi connectivity index (χ0n) is 9.10. The van der Waals surface area contributed by atoms with Gasteiger partial charge in [-0.1, -0.05) is 12.1 Å². The largest absolute Gasteiger partial charge is 0.550 e. The average molecular weight is 231 g/mol. The van der Waals surface area contributed by atoms with Crippen LogP contribution < -0.4 is 10.4 Å². The summed E-state index contributed by atoms with van der Waals surface area (Å²) in [5.41, 5.74) is 0.814. The lowest BCUT2D eigenvalue weighted by molar-refractivity contribution is -0.305. The second-order valence-electron chi connectivity index (χ2n) is 3.43. The zero-order chi connectivity index (χ0) is 12.7. The van der Waals surface area contributed by atoms with Gasteiger partial charge in [-0.25, -0.2) is 0 Å². The molecule has 0 fully saturated rings. The molecular weight excluding hydrogens is 220 g/mol. The third-order valence-electron chi connectivity index (χ3n) is 2.11. The monoisotopic (exact) mass is 231 g/mol. The Morgan fingerprint density at radius 2 is 2.00 bits per heavy atom. The number of para-hydroxylation sites is 1. The topological polar surface area (TPSA) is 93.0 Å². The number of anilines is 1. The van der Waals surface area contributed by atoms with E-state index in [4.69, 9.17) is 5.26 Å². The SMILES string of the molecule is N#Cc1ccccc1NC(=O)CCCC(=O)[O-]. The van der Waals surface area contributed by atoms with Crippen molar-refractivity contribution in [2.75, 3.05) is 5.32 Å². The first-order valence-corrected chi connectivity index (χ1v) is 5.12. The van der Waals surface area contributed by atoms with Crippen LogP contribution in [0.4, 0.5) is 5.69 Å². The molecule has 0 spiro atoms. The number of carboxylic acids is 1. The molecule has 0 heterocycles. The number of nitriles is 1. The number of hydrogen-bond donors (Lipinski definition) is 1. The maximum Gasteiger partial charge on any atom is 0.224 e. The van der Waals surface area contributed by atoms with Gasteiger partial charge in [0, 0.05) is 12.4 Å². The Kier molecular flexibility index (Phi) is 4.70. The minimum atomic E-state index is -1.17. The molecule has 1 aromatic rings. The predicted molar refractivity (Wildman–Crippen MR) is 58.6 cm³/mol. The van der Waals surface area contributed by atoms with E-state index in [-0.39, 0.29) is 25.2 Å². The van der Waals surface area contributed by atoms with E-state index in [2.05, 4.69) is 5.32 Å². The lowest BCUT2D eigenvalue weighted by Crippen LogP contribution is -2.22. The highest BCUT2D eigenvalue weighted by molar-refractivity contribution is 5.92. The summed E-state index contributed by atoms with van der Waals surface area (Å²) >= 11 is 0. The molecule has 0 saturated carbocycles. The second kappa shape index (κ2) is 6.28. The number of hydrogen-bond acceptors (Lipinski definition) is 4. The van der Waals surface area contributed by atoms with Gasteiger partial charge in [-0.2, -0.15) is 5.26 Å². The summed E-state index contributed by atoms with van der Waals surface area (Å²) in [6.07, 6.45) is 0.171. The lowest BCUT2D eigenvalue weighted by atomic mass is 10.2. The van der Waals surface area contributed by atoms with Crippen LogP contribution in [0.1, 0.15) is 24.8 Å². The van der Waals surface area contributed by atoms with Gasteiger partial charge in [0.25, 0.3) is 0 Å². The van der Waals surface area contributed by atoms with Gasteiger partial charge in [0.1, 0.15) is 6.07 Å². The smallest absolute Gasteiger partial charge is 0.224 e. The Bertz CT molecular complexity index is 463. The van der Waals surface area contributed by atoms with E-state index < -0.39 is 5.97 Å². The summed E-state index contributed by atoms with van der Waals surface area (Å²) in [6, 6.07) is 8.58. The number of benzene rings is 1. The fraction of sp³-hybridized carbons (Fsp3) is 0.250. The number of nitrogens with zero attached hydrogens (tertiary/aromatic N) is 1. The first-order valence-electron chi connectivity index (χ1n) is 5.12. The molecule has 17 heavy (non-hydrogen) atoms. The van der Waals surface area contributed by atoms with Gasteiger partial charge in [-0.05, 0) is 25.0 Å². The molecule has 0 aliphatic carbocycles. The standard InChI is InChI=1S/C12H12N2O3/c13-8-9-4-1-2-5-10(9)14-11(15)6-3-7-12(16)17/h1-2,4-5H,3,6-7H2,(H,14,15)(H,16,17)/p-1. The fourth-order valence-corrected chi connectivity index (χ4v) is 1.30. The Balaban J connectivity index is 2.51. The van der Waals surface area contributed by atoms with Crippen LogP contribution in [0.15, 0.2) is 24.3 Å². The maximum absolute atomic E-state index is 11.4. The van der Waals surface area contributed by atoms with Gasteiger partial charge in [0.05, 0.1) is 11.3 Å². The molecule has 0 atom stereocenters. The lowest BCUT2D eigenvalue weighted by Gasteiger charge is -2.06. The molecule has 0 aliphatic rings. The van der Waals surface area contributed by atoms with Gasteiger partial charge in [0.2, 0.25) is 5.91 Å². The highest BCUT2D eigenvalue weighted by Gasteiger charge is 2.05. The van der Waals surface area contributed by atoms with Crippen LogP contribution in [0.3, 0.4) is 0 Å². The summed E-state index contributed by atoms with van der Waals surface area (Å²) in [5, 5.41) is 21.5. The van der Waals surface area contributed by atoms with Gasteiger partial charge in [-0.3, -0.25) is 4.79 Å². The van der Waals surface area contributed by atoms with E-state index in [9.17, 15) is 14.7 Å². The third kappa shape index (κ3) is 4.34. The van der Waals surface area contributed by atoms with Gasteiger partial charge >= 0.3 is 0 Å². The van der Waals surface area contributed by atoms with Crippen LogP contribution in [-0.4, -0.2) is 11.9 Å². The number of amides is 1.